The minimum absolute atomic E-state index is 0.0465. The van der Waals surface area contributed by atoms with Crippen LogP contribution in [0.5, 0.6) is 0 Å². The van der Waals surface area contributed by atoms with Crippen molar-refractivity contribution in [2.45, 2.75) is 70.8 Å². The Morgan fingerprint density at radius 3 is 2.58 bits per heavy atom. The van der Waals surface area contributed by atoms with Crippen LogP contribution in [-0.2, 0) is 4.74 Å². The second kappa shape index (κ2) is 9.81. The van der Waals surface area contributed by atoms with Crippen LogP contribution in [0, 0.1) is 13.8 Å². The number of aryl methyl sites for hydroxylation is 2. The predicted molar refractivity (Wildman–Crippen MR) is 123 cm³/mol. The predicted octanol–water partition coefficient (Wildman–Crippen LogP) is 5.66. The first-order valence-corrected chi connectivity index (χ1v) is 12.2. The van der Waals surface area contributed by atoms with E-state index < -0.39 is 0 Å². The van der Waals surface area contributed by atoms with E-state index in [0.717, 1.165) is 60.3 Å². The smallest absolute Gasteiger partial charge is 0.358 e. The molecular weight excluding hydrogens is 410 g/mol. The highest BCUT2D eigenvalue weighted by molar-refractivity contribution is 7.09. The quantitative estimate of drug-likeness (QED) is 0.621. The summed E-state index contributed by atoms with van der Waals surface area (Å²) in [5.41, 5.74) is 3.49. The zero-order valence-electron chi connectivity index (χ0n) is 18.4. The molecule has 1 aliphatic heterocycles. The van der Waals surface area contributed by atoms with Gasteiger partial charge in [-0.05, 0) is 69.6 Å². The summed E-state index contributed by atoms with van der Waals surface area (Å²) >= 11 is 1.53. The molecule has 4 rings (SSSR count). The fraction of sp³-hybridized carbons (Fsp3) is 0.542. The maximum absolute atomic E-state index is 12.7. The van der Waals surface area contributed by atoms with Crippen molar-refractivity contribution in [3.63, 3.8) is 0 Å². The number of aromatic nitrogens is 1. The highest BCUT2D eigenvalue weighted by Crippen LogP contribution is 2.31. The van der Waals surface area contributed by atoms with Crippen LogP contribution in [0.1, 0.15) is 77.5 Å². The third-order valence-corrected chi connectivity index (χ3v) is 7.33. The first-order chi connectivity index (χ1) is 15.0. The molecule has 1 aromatic heterocycles. The van der Waals surface area contributed by atoms with Crippen molar-refractivity contribution in [2.24, 2.45) is 0 Å². The molecule has 1 aromatic carbocycles. The van der Waals surface area contributed by atoms with Gasteiger partial charge in [-0.1, -0.05) is 18.6 Å². The maximum Gasteiger partial charge on any atom is 0.358 e. The summed E-state index contributed by atoms with van der Waals surface area (Å²) in [5, 5.41) is 5.84. The normalized spacial score (nSPS) is 18.1. The summed E-state index contributed by atoms with van der Waals surface area (Å²) in [6, 6.07) is 6.02. The number of amides is 2. The van der Waals surface area contributed by atoms with E-state index in [0.29, 0.717) is 18.8 Å². The van der Waals surface area contributed by atoms with Gasteiger partial charge in [0.25, 0.3) is 0 Å². The van der Waals surface area contributed by atoms with Gasteiger partial charge in [0.2, 0.25) is 0 Å². The molecule has 7 heteroatoms. The lowest BCUT2D eigenvalue weighted by molar-refractivity contribution is 0.0205. The number of hydrogen-bond donors (Lipinski definition) is 1. The first-order valence-electron chi connectivity index (χ1n) is 11.3. The topological polar surface area (TPSA) is 71.5 Å². The number of benzene rings is 1. The van der Waals surface area contributed by atoms with Crippen LogP contribution in [0.2, 0.25) is 0 Å². The number of thiazole rings is 1. The molecule has 6 nitrogen and oxygen atoms in total. The summed E-state index contributed by atoms with van der Waals surface area (Å²) < 4.78 is 5.65. The Labute approximate surface area is 188 Å². The standard InChI is InChI=1S/C24H31N3O3S/c1-16-8-9-17(2)20(14-16)26-24(29)27-12-10-18(11-13-27)22-25-21(15-31-22)23(28)30-19-6-4-3-5-7-19/h8-9,14-15,18-19H,3-7,10-13H2,1-2H3,(H,26,29). The van der Waals surface area contributed by atoms with E-state index in [-0.39, 0.29) is 24.0 Å². The van der Waals surface area contributed by atoms with Crippen molar-refractivity contribution >= 4 is 29.0 Å². The molecule has 0 atom stereocenters. The molecule has 2 fully saturated rings. The van der Waals surface area contributed by atoms with Crippen molar-refractivity contribution in [3.05, 3.63) is 45.4 Å². The number of urea groups is 1. The van der Waals surface area contributed by atoms with E-state index in [2.05, 4.69) is 10.3 Å². The molecule has 1 aliphatic carbocycles. The van der Waals surface area contributed by atoms with Crippen LogP contribution in [0.15, 0.2) is 23.6 Å². The van der Waals surface area contributed by atoms with Gasteiger partial charge < -0.3 is 15.0 Å². The minimum Gasteiger partial charge on any atom is -0.458 e. The average molecular weight is 442 g/mol. The molecule has 2 aromatic rings. The SMILES string of the molecule is Cc1ccc(C)c(NC(=O)N2CCC(c3nc(C(=O)OC4CCCCC4)cs3)CC2)c1. The molecule has 0 spiro atoms. The molecule has 1 saturated heterocycles. The fourth-order valence-electron chi connectivity index (χ4n) is 4.36. The molecular formula is C24H31N3O3S. The number of rotatable bonds is 4. The van der Waals surface area contributed by atoms with Crippen LogP contribution < -0.4 is 5.32 Å². The number of carbonyl (C=O) groups is 2. The van der Waals surface area contributed by atoms with E-state index in [1.54, 1.807) is 0 Å². The Hall–Kier alpha value is -2.41. The van der Waals surface area contributed by atoms with Gasteiger partial charge in [-0.25, -0.2) is 14.6 Å². The lowest BCUT2D eigenvalue weighted by Crippen LogP contribution is -2.40. The summed E-state index contributed by atoms with van der Waals surface area (Å²) in [6.07, 6.45) is 7.18. The number of piperidine rings is 1. The Morgan fingerprint density at radius 1 is 1.10 bits per heavy atom. The summed E-state index contributed by atoms with van der Waals surface area (Å²) in [4.78, 5) is 31.6. The maximum atomic E-state index is 12.7. The summed E-state index contributed by atoms with van der Waals surface area (Å²) in [7, 11) is 0. The van der Waals surface area contributed by atoms with Gasteiger partial charge in [0.05, 0.1) is 5.01 Å². The van der Waals surface area contributed by atoms with Gasteiger partial charge in [-0.15, -0.1) is 11.3 Å². The van der Waals surface area contributed by atoms with Crippen LogP contribution in [0.4, 0.5) is 10.5 Å². The second-order valence-electron chi connectivity index (χ2n) is 8.75. The number of nitrogens with zero attached hydrogens (tertiary/aromatic N) is 2. The third-order valence-electron chi connectivity index (χ3n) is 6.32. The van der Waals surface area contributed by atoms with Crippen LogP contribution >= 0.6 is 11.3 Å². The van der Waals surface area contributed by atoms with Crippen molar-refractivity contribution in [3.8, 4) is 0 Å². The van der Waals surface area contributed by atoms with Crippen LogP contribution in [-0.4, -0.2) is 41.1 Å². The zero-order chi connectivity index (χ0) is 21.8. The Bertz CT molecular complexity index is 928. The van der Waals surface area contributed by atoms with Crippen LogP contribution in [0.25, 0.3) is 0 Å². The Kier molecular flexibility index (Phi) is 6.90. The van der Waals surface area contributed by atoms with Gasteiger partial charge in [0.1, 0.15) is 6.10 Å². The van der Waals surface area contributed by atoms with E-state index in [1.807, 2.05) is 42.3 Å². The molecule has 1 N–H and O–H groups in total. The summed E-state index contributed by atoms with van der Waals surface area (Å²) in [6.45, 7) is 5.39. The lowest BCUT2D eigenvalue weighted by atomic mass is 9.97. The van der Waals surface area contributed by atoms with Crippen molar-refractivity contribution < 1.29 is 14.3 Å². The average Bonchev–Trinajstić information content (AvgIpc) is 3.28. The number of ether oxygens (including phenoxy) is 1. The van der Waals surface area contributed by atoms with Gasteiger partial charge in [-0.3, -0.25) is 0 Å². The van der Waals surface area contributed by atoms with Crippen molar-refractivity contribution in [1.29, 1.82) is 0 Å². The highest BCUT2D eigenvalue weighted by atomic mass is 32.1. The van der Waals surface area contributed by atoms with E-state index >= 15 is 0 Å². The fourth-order valence-corrected chi connectivity index (χ4v) is 5.32. The third kappa shape index (κ3) is 5.45. The molecule has 0 radical (unpaired) electrons. The van der Waals surface area contributed by atoms with Crippen molar-refractivity contribution in [1.82, 2.24) is 9.88 Å². The van der Waals surface area contributed by atoms with Gasteiger partial charge in [0.15, 0.2) is 5.69 Å². The molecule has 2 aliphatic rings. The van der Waals surface area contributed by atoms with Gasteiger partial charge in [0, 0.05) is 30.1 Å². The van der Waals surface area contributed by atoms with E-state index in [4.69, 9.17) is 4.74 Å². The zero-order valence-corrected chi connectivity index (χ0v) is 19.2. The number of hydrogen-bond acceptors (Lipinski definition) is 5. The van der Waals surface area contributed by atoms with E-state index in [1.165, 1.54) is 17.8 Å². The lowest BCUT2D eigenvalue weighted by Gasteiger charge is -2.31. The van der Waals surface area contributed by atoms with Gasteiger partial charge in [-0.2, -0.15) is 0 Å². The van der Waals surface area contributed by atoms with Gasteiger partial charge >= 0.3 is 12.0 Å². The van der Waals surface area contributed by atoms with Crippen molar-refractivity contribution in [2.75, 3.05) is 18.4 Å². The molecule has 31 heavy (non-hydrogen) atoms. The number of nitrogens with one attached hydrogen (secondary N) is 1. The Morgan fingerprint density at radius 2 is 1.84 bits per heavy atom. The first kappa shape index (κ1) is 21.8. The Balaban J connectivity index is 1.29. The number of esters is 1. The summed E-state index contributed by atoms with van der Waals surface area (Å²) in [5.74, 6) is -0.00859. The molecule has 2 amide bonds. The van der Waals surface area contributed by atoms with Crippen LogP contribution in [0.3, 0.4) is 0 Å². The number of likely N-dealkylation sites (tertiary alicyclic amines) is 1. The number of anilines is 1. The second-order valence-corrected chi connectivity index (χ2v) is 9.64. The number of carbonyl (C=O) groups excluding carboxylic acids is 2. The monoisotopic (exact) mass is 441 g/mol. The molecule has 0 bridgehead atoms. The molecule has 166 valence electrons. The molecule has 0 unspecified atom stereocenters. The minimum atomic E-state index is -0.292. The molecule has 1 saturated carbocycles. The molecule has 2 heterocycles. The van der Waals surface area contributed by atoms with E-state index in [9.17, 15) is 9.59 Å². The largest absolute Gasteiger partial charge is 0.458 e. The highest BCUT2D eigenvalue weighted by Gasteiger charge is 2.27.